The zero-order chi connectivity index (χ0) is 102. The van der Waals surface area contributed by atoms with Gasteiger partial charge in [0.25, 0.3) is 0 Å². The summed E-state index contributed by atoms with van der Waals surface area (Å²) >= 11 is 0. The number of aromatic nitrogens is 14. The maximum atomic E-state index is 12.5. The Kier molecular flexibility index (Phi) is 35.3. The van der Waals surface area contributed by atoms with Gasteiger partial charge < -0.3 is 36.2 Å². The molecular formula is C121H112N20O6. The van der Waals surface area contributed by atoms with Crippen molar-refractivity contribution in [1.82, 2.24) is 70.0 Å². The average molecular weight is 1940 g/mol. The van der Waals surface area contributed by atoms with Gasteiger partial charge in [0.2, 0.25) is 29.5 Å². The SMILES string of the molecule is Cc1cc(-c2ccc(CC(=O)Nc3ccc(-c4ccccn4)cn3)cc2)ccn1.Cc1cc(-c2ccc(CC(=O)Nc3ccc(-c4cccnc4)cn3)cc2)ccn1.Cc1cc(-c2ccc(CC(=O)Nc3ccc(-c4cccnn4)cn3)cc2)ccn1.Cc1cc(-c2ccc(CC(=O)Nc3ccc(C4=CCCCC4)cn3)cc2)ccn1.Cc1cc(-c2ccc(CC(=O)Nc3ccc(N4C[C@@H](C)O[C@@H](C)C4)cn3)cc2)ccn1. The third-order valence-corrected chi connectivity index (χ3v) is 24.2. The van der Waals surface area contributed by atoms with E-state index in [2.05, 4.69) is 134 Å². The first-order valence-electron chi connectivity index (χ1n) is 48.7. The molecule has 14 heterocycles. The number of benzene rings is 5. The van der Waals surface area contributed by atoms with Crippen LogP contribution in [-0.4, -0.2) is 125 Å². The molecule has 26 heteroatoms. The van der Waals surface area contributed by atoms with Gasteiger partial charge in [-0.25, -0.2) is 24.9 Å². The molecule has 20 rings (SSSR count). The number of amides is 5. The van der Waals surface area contributed by atoms with E-state index in [1.54, 1.807) is 80.2 Å². The van der Waals surface area contributed by atoms with E-state index in [1.807, 2.05) is 314 Å². The van der Waals surface area contributed by atoms with E-state index >= 15 is 0 Å². The summed E-state index contributed by atoms with van der Waals surface area (Å²) in [6.45, 7) is 15.7. The lowest BCUT2D eigenvalue weighted by molar-refractivity contribution is -0.116. The minimum Gasteiger partial charge on any atom is -0.372 e. The average Bonchev–Trinajstić information content (AvgIpc) is 0.845. The van der Waals surface area contributed by atoms with Crippen LogP contribution < -0.4 is 31.5 Å². The highest BCUT2D eigenvalue weighted by Gasteiger charge is 2.24. The summed E-state index contributed by atoms with van der Waals surface area (Å²) in [6, 6.07) is 92.3. The molecule has 0 unspecified atom stereocenters. The van der Waals surface area contributed by atoms with Crippen molar-refractivity contribution in [3.05, 3.63) is 440 Å². The fourth-order valence-corrected chi connectivity index (χ4v) is 16.8. The Labute approximate surface area is 855 Å². The van der Waals surface area contributed by atoms with Crippen LogP contribution >= 0.6 is 0 Å². The molecular weight excluding hydrogens is 1830 g/mol. The fraction of sp³-hybridized carbons (Fsp3) is 0.165. The number of nitrogens with one attached hydrogen (secondary N) is 5. The van der Waals surface area contributed by atoms with Crippen LogP contribution in [0.2, 0.25) is 0 Å². The summed E-state index contributed by atoms with van der Waals surface area (Å²) in [5.74, 6) is 2.27. The number of hydrogen-bond acceptors (Lipinski definition) is 21. The summed E-state index contributed by atoms with van der Waals surface area (Å²) in [6.07, 6.45) is 33.6. The van der Waals surface area contributed by atoms with Gasteiger partial charge in [0.05, 0.1) is 67.6 Å². The van der Waals surface area contributed by atoms with Crippen molar-refractivity contribution in [1.29, 1.82) is 0 Å². The van der Waals surface area contributed by atoms with E-state index in [0.717, 1.165) is 183 Å². The third-order valence-electron chi connectivity index (χ3n) is 24.2. The molecule has 2 atom stereocenters. The maximum Gasteiger partial charge on any atom is 0.229 e. The van der Waals surface area contributed by atoms with Crippen molar-refractivity contribution in [2.75, 3.05) is 44.6 Å². The van der Waals surface area contributed by atoms with Crippen LogP contribution in [0.3, 0.4) is 0 Å². The highest BCUT2D eigenvalue weighted by Crippen LogP contribution is 2.32. The molecule has 18 aromatic rings. The molecule has 5 N–H and O–H groups in total. The zero-order valence-corrected chi connectivity index (χ0v) is 82.9. The van der Waals surface area contributed by atoms with Crippen molar-refractivity contribution >= 4 is 69.9 Å². The highest BCUT2D eigenvalue weighted by atomic mass is 16.5. The summed E-state index contributed by atoms with van der Waals surface area (Å²) in [5, 5.41) is 22.2. The van der Waals surface area contributed by atoms with Crippen molar-refractivity contribution < 1.29 is 28.7 Å². The predicted molar refractivity (Wildman–Crippen MR) is 581 cm³/mol. The van der Waals surface area contributed by atoms with Gasteiger partial charge in [-0.05, 0) is 320 Å². The number of rotatable bonds is 25. The van der Waals surface area contributed by atoms with Crippen molar-refractivity contribution in [3.8, 4) is 89.3 Å². The molecule has 0 spiro atoms. The van der Waals surface area contributed by atoms with Gasteiger partial charge in [-0.15, -0.1) is 0 Å². The molecule has 0 bridgehead atoms. The molecule has 1 fully saturated rings. The van der Waals surface area contributed by atoms with E-state index in [0.29, 0.717) is 54.8 Å². The number of ether oxygens (including phenoxy) is 1. The second kappa shape index (κ2) is 51.0. The molecule has 5 amide bonds. The van der Waals surface area contributed by atoms with Crippen molar-refractivity contribution in [3.63, 3.8) is 0 Å². The summed E-state index contributed by atoms with van der Waals surface area (Å²) < 4.78 is 5.79. The quantitative estimate of drug-likeness (QED) is 0.0355. The fourth-order valence-electron chi connectivity index (χ4n) is 16.8. The van der Waals surface area contributed by atoms with E-state index < -0.39 is 0 Å². The Morgan fingerprint density at radius 3 is 0.912 bits per heavy atom. The van der Waals surface area contributed by atoms with Crippen LogP contribution in [0.15, 0.2) is 378 Å². The zero-order valence-electron chi connectivity index (χ0n) is 82.9. The third kappa shape index (κ3) is 30.9. The van der Waals surface area contributed by atoms with Gasteiger partial charge in [-0.3, -0.25) is 58.9 Å². The lowest BCUT2D eigenvalue weighted by atomic mass is 9.95. The Morgan fingerprint density at radius 1 is 0.286 bits per heavy atom. The summed E-state index contributed by atoms with van der Waals surface area (Å²) in [5.41, 5.74) is 29.7. The molecule has 5 aromatic carbocycles. The standard InChI is InChI=1S/C25H28N4O2.C25H25N3O.2C24H20N4O.C23H19N5O/c1-17-12-22(10-11-26-17)21-6-4-20(5-7-21)13-25(30)28-24-9-8-23(14-27-24)29-15-18(2)31-19(3)16-29;1-18-15-22(13-14-26-18)21-9-7-19(8-10-21)16-25(29)28-24-12-11-23(17-27-24)20-5-3-2-4-6-20;1-17-13-20(10-12-26-17)19-6-4-18(5-7-19)14-24(29)28-23-9-8-22(16-27-23)21-3-2-11-25-15-21;1-17-14-20(11-13-25-17)19-7-5-18(6-8-19)15-24(29)28-23-10-9-21(16-27-23)22-4-2-3-12-26-22;1-16-13-19(10-12-24-16)18-6-4-17(5-7-18)14-23(29)27-22-9-8-20(15-25-22)21-3-2-11-26-28-21/h4-12,14,18-19H,13,15-16H2,1-3H3,(H,27,28,30);5,7-15,17H,2-4,6,16H2,1H3,(H,27,28,29);2-13,15-16H,14H2,1H3,(H,27,28,29);2-14,16H,15H2,1H3,(H,27,28,29);2-13,15H,14H2,1H3,(H,25,27,29)/t18-,19+;;;;. The largest absolute Gasteiger partial charge is 0.372 e. The lowest BCUT2D eigenvalue weighted by Crippen LogP contribution is -2.45. The minimum atomic E-state index is -0.114. The maximum absolute atomic E-state index is 12.5. The number of carbonyl (C=O) groups is 5. The molecule has 1 aliphatic carbocycles. The number of nitrogens with zero attached hydrogens (tertiary/aromatic N) is 15. The van der Waals surface area contributed by atoms with Gasteiger partial charge >= 0.3 is 0 Å². The predicted octanol–water partition coefficient (Wildman–Crippen LogP) is 23.3. The first-order valence-corrected chi connectivity index (χ1v) is 48.7. The number of aryl methyl sites for hydroxylation is 5. The molecule has 1 saturated heterocycles. The lowest BCUT2D eigenvalue weighted by Gasteiger charge is -2.36. The number of anilines is 6. The Hall–Kier alpha value is -18.2. The summed E-state index contributed by atoms with van der Waals surface area (Å²) in [7, 11) is 0. The Balaban J connectivity index is 0.000000131. The Bertz CT molecular complexity index is 7010. The van der Waals surface area contributed by atoms with Gasteiger partial charge in [-0.2, -0.15) is 10.2 Å². The monoisotopic (exact) mass is 1940 g/mol. The number of allylic oxidation sites excluding steroid dienone is 2. The van der Waals surface area contributed by atoms with E-state index in [4.69, 9.17) is 4.74 Å². The molecule has 2 aliphatic rings. The van der Waals surface area contributed by atoms with Crippen LogP contribution in [-0.2, 0) is 60.8 Å². The van der Waals surface area contributed by atoms with E-state index in [-0.39, 0.29) is 48.2 Å². The second-order valence-corrected chi connectivity index (χ2v) is 35.9. The topological polar surface area (TPSA) is 338 Å². The first kappa shape index (κ1) is 102. The molecule has 0 radical (unpaired) electrons. The van der Waals surface area contributed by atoms with Crippen molar-refractivity contribution in [2.24, 2.45) is 0 Å². The van der Waals surface area contributed by atoms with Gasteiger partial charge in [-0.1, -0.05) is 140 Å². The van der Waals surface area contributed by atoms with Crippen molar-refractivity contribution in [2.45, 2.75) is 118 Å². The number of morpholine rings is 1. The van der Waals surface area contributed by atoms with Crippen LogP contribution in [0.25, 0.3) is 94.8 Å². The van der Waals surface area contributed by atoms with Crippen LogP contribution in [0, 0.1) is 34.6 Å². The molecule has 26 nitrogen and oxygen atoms in total. The van der Waals surface area contributed by atoms with Crippen LogP contribution in [0.1, 0.15) is 101 Å². The Morgan fingerprint density at radius 2 is 0.612 bits per heavy atom. The number of hydrogen-bond donors (Lipinski definition) is 5. The van der Waals surface area contributed by atoms with Gasteiger partial charge in [0.15, 0.2) is 0 Å². The number of pyridine rings is 12. The van der Waals surface area contributed by atoms with Crippen LogP contribution in [0.5, 0.6) is 0 Å². The number of carbonyl (C=O) groups excluding carboxylic acids is 5. The summed E-state index contributed by atoms with van der Waals surface area (Å²) in [4.78, 5) is 116. The molecule has 0 saturated carbocycles. The van der Waals surface area contributed by atoms with Gasteiger partial charge in [0.1, 0.15) is 29.1 Å². The molecule has 13 aromatic heterocycles. The molecule has 147 heavy (non-hydrogen) atoms. The minimum absolute atomic E-state index is 0.0605. The van der Waals surface area contributed by atoms with Gasteiger partial charge in [0, 0.05) is 144 Å². The smallest absolute Gasteiger partial charge is 0.229 e. The van der Waals surface area contributed by atoms with E-state index in [9.17, 15) is 24.0 Å². The highest BCUT2D eigenvalue weighted by molar-refractivity contribution is 5.95. The second-order valence-electron chi connectivity index (χ2n) is 35.9. The molecule has 732 valence electrons. The first-order chi connectivity index (χ1) is 71.6. The normalized spacial score (nSPS) is 12.8. The van der Waals surface area contributed by atoms with E-state index in [1.165, 1.54) is 18.4 Å². The van der Waals surface area contributed by atoms with Crippen LogP contribution in [0.4, 0.5) is 34.8 Å². The molecule has 1 aliphatic heterocycles.